The Morgan fingerprint density at radius 2 is 1.81 bits per heavy atom. The number of aryl methyl sites for hydroxylation is 1. The monoisotopic (exact) mass is 502 g/mol. The first-order valence-corrected chi connectivity index (χ1v) is 11.2. The Morgan fingerprint density at radius 3 is 2.33 bits per heavy atom. The molecule has 192 valence electrons. The number of halogens is 3. The van der Waals surface area contributed by atoms with E-state index in [1.807, 2.05) is 0 Å². The third-order valence-electron chi connectivity index (χ3n) is 5.67. The minimum Gasteiger partial charge on any atom is -0.530 e. The molecule has 3 aromatic rings. The number of amides is 2. The smallest absolute Gasteiger partial charge is 0.416 e. The molecule has 1 atom stereocenters. The Kier molecular flexibility index (Phi) is 7.71. The zero-order valence-corrected chi connectivity index (χ0v) is 20.3. The summed E-state index contributed by atoms with van der Waals surface area (Å²) in [5.74, 6) is -0.645. The van der Waals surface area contributed by atoms with Crippen LogP contribution >= 0.6 is 0 Å². The molecule has 2 aromatic heterocycles. The van der Waals surface area contributed by atoms with Crippen LogP contribution in [0.25, 0.3) is 11.3 Å². The van der Waals surface area contributed by atoms with E-state index in [1.54, 1.807) is 50.8 Å². The number of nitrogens with one attached hydrogen (secondary N) is 1. The number of rotatable bonds is 7. The molecular formula is C25H27F3N5O3-. The third kappa shape index (κ3) is 6.41. The van der Waals surface area contributed by atoms with Crippen LogP contribution < -0.4 is 10.4 Å². The van der Waals surface area contributed by atoms with Crippen LogP contribution in [0.15, 0.2) is 54.9 Å². The van der Waals surface area contributed by atoms with E-state index < -0.39 is 35.3 Å². The van der Waals surface area contributed by atoms with Crippen molar-refractivity contribution >= 4 is 12.0 Å². The first-order chi connectivity index (χ1) is 16.8. The van der Waals surface area contributed by atoms with Crippen LogP contribution in [0.3, 0.4) is 0 Å². The fourth-order valence-electron chi connectivity index (χ4n) is 3.84. The lowest BCUT2D eigenvalue weighted by Crippen LogP contribution is -2.57. The molecule has 0 spiro atoms. The third-order valence-corrected chi connectivity index (χ3v) is 5.67. The number of pyridine rings is 1. The molecule has 0 saturated carbocycles. The summed E-state index contributed by atoms with van der Waals surface area (Å²) in [7, 11) is 1.76. The lowest BCUT2D eigenvalue weighted by atomic mass is 9.97. The summed E-state index contributed by atoms with van der Waals surface area (Å²) in [5, 5.41) is 18.5. The van der Waals surface area contributed by atoms with Gasteiger partial charge in [-0.05, 0) is 57.0 Å². The summed E-state index contributed by atoms with van der Waals surface area (Å²) < 4.78 is 42.4. The summed E-state index contributed by atoms with van der Waals surface area (Å²) in [6.45, 7) is 4.61. The van der Waals surface area contributed by atoms with Crippen molar-refractivity contribution in [3.8, 4) is 11.3 Å². The fourth-order valence-corrected chi connectivity index (χ4v) is 3.84. The number of hydrogen-bond donors (Lipinski definition) is 1. The Hall–Kier alpha value is -3.89. The van der Waals surface area contributed by atoms with Gasteiger partial charge in [-0.3, -0.25) is 14.5 Å². The molecule has 8 nitrogen and oxygen atoms in total. The molecule has 0 saturated heterocycles. The first kappa shape index (κ1) is 26.7. The van der Waals surface area contributed by atoms with Gasteiger partial charge in [-0.25, -0.2) is 0 Å². The molecule has 0 aliphatic heterocycles. The van der Waals surface area contributed by atoms with Crippen LogP contribution in [-0.2, 0) is 19.6 Å². The highest BCUT2D eigenvalue weighted by Gasteiger charge is 2.34. The van der Waals surface area contributed by atoms with Gasteiger partial charge in [0.25, 0.3) is 5.91 Å². The molecule has 3 rings (SSSR count). The van der Waals surface area contributed by atoms with E-state index in [1.165, 1.54) is 30.5 Å². The Labute approximate surface area is 206 Å². The normalized spacial score (nSPS) is 12.8. The van der Waals surface area contributed by atoms with E-state index in [0.717, 1.165) is 22.2 Å². The number of carbonyl (C=O) groups is 2. The minimum atomic E-state index is -4.60. The quantitative estimate of drug-likeness (QED) is 0.534. The first-order valence-electron chi connectivity index (χ1n) is 11.2. The second kappa shape index (κ2) is 10.4. The number of carboxylic acid groups (broad SMARTS) is 1. The molecule has 1 N–H and O–H groups in total. The summed E-state index contributed by atoms with van der Waals surface area (Å²) in [6.07, 6.45) is -3.24. The highest BCUT2D eigenvalue weighted by molar-refractivity contribution is 5.92. The van der Waals surface area contributed by atoms with Crippen LogP contribution in [-0.4, -0.2) is 49.8 Å². The van der Waals surface area contributed by atoms with Crippen LogP contribution in [0.2, 0.25) is 0 Å². The topological polar surface area (TPSA) is 103 Å². The molecule has 0 fully saturated rings. The highest BCUT2D eigenvalue weighted by atomic mass is 19.4. The predicted molar refractivity (Wildman–Crippen MR) is 125 cm³/mol. The van der Waals surface area contributed by atoms with Crippen molar-refractivity contribution in [2.75, 3.05) is 6.54 Å². The molecule has 2 heterocycles. The van der Waals surface area contributed by atoms with E-state index >= 15 is 0 Å². The number of alkyl halides is 3. The van der Waals surface area contributed by atoms with Gasteiger partial charge < -0.3 is 20.1 Å². The summed E-state index contributed by atoms with van der Waals surface area (Å²) in [4.78, 5) is 30.0. The number of benzene rings is 1. The largest absolute Gasteiger partial charge is 0.530 e. The van der Waals surface area contributed by atoms with Gasteiger partial charge in [0.2, 0.25) is 0 Å². The van der Waals surface area contributed by atoms with Gasteiger partial charge in [-0.15, -0.1) is 0 Å². The Balaban J connectivity index is 1.89. The number of nitrogens with zero attached hydrogens (tertiary/aromatic N) is 4. The molecule has 0 unspecified atom stereocenters. The van der Waals surface area contributed by atoms with Crippen molar-refractivity contribution in [1.29, 1.82) is 0 Å². The van der Waals surface area contributed by atoms with Gasteiger partial charge in [0.15, 0.2) is 0 Å². The Morgan fingerprint density at radius 1 is 1.11 bits per heavy atom. The molecule has 1 aromatic carbocycles. The zero-order chi connectivity index (χ0) is 26.7. The molecule has 0 bridgehead atoms. The van der Waals surface area contributed by atoms with Crippen LogP contribution in [0.1, 0.15) is 42.4 Å². The number of hydrogen-bond acceptors (Lipinski definition) is 5. The summed E-state index contributed by atoms with van der Waals surface area (Å²) in [5.41, 5.74) is -0.288. The fraction of sp³-hybridized carbons (Fsp3) is 0.360. The van der Waals surface area contributed by atoms with Crippen molar-refractivity contribution in [3.63, 3.8) is 0 Å². The average molecular weight is 503 g/mol. The van der Waals surface area contributed by atoms with Crippen LogP contribution in [0, 0.1) is 0 Å². The van der Waals surface area contributed by atoms with E-state index in [9.17, 15) is 27.9 Å². The van der Waals surface area contributed by atoms with Crippen LogP contribution in [0.4, 0.5) is 18.0 Å². The lowest BCUT2D eigenvalue weighted by Gasteiger charge is -2.40. The maximum Gasteiger partial charge on any atom is 0.416 e. The van der Waals surface area contributed by atoms with E-state index in [0.29, 0.717) is 0 Å². The van der Waals surface area contributed by atoms with Crippen molar-refractivity contribution in [1.82, 2.24) is 25.0 Å². The maximum atomic E-state index is 13.6. The molecule has 2 amide bonds. The molecule has 0 aliphatic carbocycles. The Bertz CT molecular complexity index is 1220. The van der Waals surface area contributed by atoms with Crippen molar-refractivity contribution in [3.05, 3.63) is 71.7 Å². The highest BCUT2D eigenvalue weighted by Crippen LogP contribution is 2.32. The van der Waals surface area contributed by atoms with Gasteiger partial charge in [0.05, 0.1) is 17.3 Å². The number of carbonyl (C=O) groups excluding carboxylic acids is 2. The molecule has 11 heteroatoms. The van der Waals surface area contributed by atoms with Crippen molar-refractivity contribution < 1.29 is 27.9 Å². The standard InChI is InChI=1S/C25H28F3N5O3/c1-24(2,3)33(23(35)36)15-18(13-16-7-5-6-8-19(16)25(26,27)28)31-22(34)20-10-9-17(14-29-20)21-11-12-30-32(21)4/h5-12,14,18H,13,15H2,1-4H3,(H,31,34)(H,35,36)/p-1/t18-/m0/s1. The minimum absolute atomic E-state index is 0.0331. The SMILES string of the molecule is Cn1nccc1-c1ccc(C(=O)N[C@@H](Cc2ccccc2C(F)(F)F)CN(C(=O)[O-])C(C)(C)C)nc1. The molecule has 36 heavy (non-hydrogen) atoms. The van der Waals surface area contributed by atoms with Crippen molar-refractivity contribution in [2.45, 2.75) is 44.9 Å². The van der Waals surface area contributed by atoms with Gasteiger partial charge in [0.1, 0.15) is 11.8 Å². The molecular weight excluding hydrogens is 475 g/mol. The summed E-state index contributed by atoms with van der Waals surface area (Å²) >= 11 is 0. The zero-order valence-electron chi connectivity index (χ0n) is 20.3. The number of aromatic nitrogens is 3. The van der Waals surface area contributed by atoms with Gasteiger partial charge in [0, 0.05) is 37.1 Å². The van der Waals surface area contributed by atoms with E-state index in [2.05, 4.69) is 15.4 Å². The van der Waals surface area contributed by atoms with Crippen molar-refractivity contribution in [2.24, 2.45) is 7.05 Å². The lowest BCUT2D eigenvalue weighted by molar-refractivity contribution is -0.270. The van der Waals surface area contributed by atoms with Gasteiger partial charge >= 0.3 is 6.18 Å². The second-order valence-corrected chi connectivity index (χ2v) is 9.35. The molecule has 0 aliphatic rings. The maximum absolute atomic E-state index is 13.6. The van der Waals surface area contributed by atoms with Crippen LogP contribution in [0.5, 0.6) is 0 Å². The summed E-state index contributed by atoms with van der Waals surface area (Å²) in [6, 6.07) is 8.95. The average Bonchev–Trinajstić information content (AvgIpc) is 3.21. The second-order valence-electron chi connectivity index (χ2n) is 9.35. The predicted octanol–water partition coefficient (Wildman–Crippen LogP) is 3.29. The van der Waals surface area contributed by atoms with Gasteiger partial charge in [-0.2, -0.15) is 18.3 Å². The molecule has 0 radical (unpaired) electrons. The van der Waals surface area contributed by atoms with E-state index in [-0.39, 0.29) is 24.2 Å². The van der Waals surface area contributed by atoms with E-state index in [4.69, 9.17) is 0 Å². The van der Waals surface area contributed by atoms with Gasteiger partial charge in [-0.1, -0.05) is 18.2 Å².